The van der Waals surface area contributed by atoms with Crippen LogP contribution in [0.4, 0.5) is 14.5 Å². The van der Waals surface area contributed by atoms with Crippen LogP contribution < -0.4 is 11.1 Å². The number of nitrogens with zero attached hydrogens (tertiary/aromatic N) is 1. The molecule has 1 amide bonds. The zero-order valence-electron chi connectivity index (χ0n) is 17.2. The van der Waals surface area contributed by atoms with Crippen molar-refractivity contribution in [3.05, 3.63) is 95.6 Å². The highest BCUT2D eigenvalue weighted by Gasteiger charge is 2.34. The van der Waals surface area contributed by atoms with E-state index in [9.17, 15) is 13.6 Å². The molecule has 0 saturated heterocycles. The highest BCUT2D eigenvalue weighted by atomic mass is 19.1. The number of benzene rings is 3. The van der Waals surface area contributed by atoms with E-state index in [1.165, 1.54) is 24.3 Å². The van der Waals surface area contributed by atoms with E-state index in [-0.39, 0.29) is 34.9 Å². The molecular formula is C26H21F2N3O. The van der Waals surface area contributed by atoms with Gasteiger partial charge in [0.25, 0.3) is 5.91 Å². The van der Waals surface area contributed by atoms with Crippen molar-refractivity contribution in [2.75, 3.05) is 5.73 Å². The quantitative estimate of drug-likeness (QED) is 0.431. The lowest BCUT2D eigenvalue weighted by atomic mass is 9.98. The minimum absolute atomic E-state index is 0.181. The van der Waals surface area contributed by atoms with Crippen LogP contribution in [0.1, 0.15) is 34.8 Å². The predicted molar refractivity (Wildman–Crippen MR) is 121 cm³/mol. The molecule has 1 fully saturated rings. The van der Waals surface area contributed by atoms with Crippen molar-refractivity contribution in [3.8, 4) is 11.3 Å². The van der Waals surface area contributed by atoms with Crippen molar-refractivity contribution in [2.24, 2.45) is 5.92 Å². The SMILES string of the molecule is Nc1c(-c2cccc(F)c2)nc2ccccc2c1C(=O)NC(c1cccc(F)c1)C1CC1. The summed E-state index contributed by atoms with van der Waals surface area (Å²) in [6, 6.07) is 19.2. The van der Waals surface area contributed by atoms with E-state index in [0.717, 1.165) is 18.4 Å². The van der Waals surface area contributed by atoms with Gasteiger partial charge in [0.1, 0.15) is 11.6 Å². The molecule has 1 atom stereocenters. The van der Waals surface area contributed by atoms with Gasteiger partial charge in [0.15, 0.2) is 0 Å². The van der Waals surface area contributed by atoms with Gasteiger partial charge in [0, 0.05) is 10.9 Å². The summed E-state index contributed by atoms with van der Waals surface area (Å²) in [5.74, 6) is -0.870. The van der Waals surface area contributed by atoms with E-state index in [1.807, 2.05) is 18.2 Å². The maximum atomic E-state index is 13.9. The van der Waals surface area contributed by atoms with Gasteiger partial charge in [0.05, 0.1) is 28.5 Å². The van der Waals surface area contributed by atoms with Crippen molar-refractivity contribution in [1.29, 1.82) is 0 Å². The van der Waals surface area contributed by atoms with Crippen LogP contribution in [0.2, 0.25) is 0 Å². The number of fused-ring (bicyclic) bond motifs is 1. The lowest BCUT2D eigenvalue weighted by molar-refractivity contribution is 0.0934. The van der Waals surface area contributed by atoms with Crippen LogP contribution in [-0.4, -0.2) is 10.9 Å². The second kappa shape index (κ2) is 8.04. The highest BCUT2D eigenvalue weighted by Crippen LogP contribution is 2.42. The maximum Gasteiger partial charge on any atom is 0.254 e. The molecule has 3 aromatic carbocycles. The van der Waals surface area contributed by atoms with Crippen LogP contribution in [0.15, 0.2) is 72.8 Å². The summed E-state index contributed by atoms with van der Waals surface area (Å²) in [4.78, 5) is 18.1. The third-order valence-corrected chi connectivity index (χ3v) is 5.84. The number of halogens is 2. The molecule has 0 bridgehead atoms. The summed E-state index contributed by atoms with van der Waals surface area (Å²) in [5, 5.41) is 3.68. The van der Waals surface area contributed by atoms with Crippen LogP contribution in [0.5, 0.6) is 0 Å². The number of nitrogens with two attached hydrogens (primary N) is 1. The summed E-state index contributed by atoms with van der Waals surface area (Å²) in [6.45, 7) is 0. The minimum atomic E-state index is -0.414. The Bertz CT molecular complexity index is 1330. The van der Waals surface area contributed by atoms with E-state index in [2.05, 4.69) is 10.3 Å². The molecule has 1 aliphatic carbocycles. The smallest absolute Gasteiger partial charge is 0.254 e. The van der Waals surface area contributed by atoms with Gasteiger partial charge in [-0.3, -0.25) is 4.79 Å². The lowest BCUT2D eigenvalue weighted by Crippen LogP contribution is -2.31. The highest BCUT2D eigenvalue weighted by molar-refractivity contribution is 6.12. The molecule has 1 aliphatic rings. The fraction of sp³-hybridized carbons (Fsp3) is 0.154. The molecule has 1 heterocycles. The molecule has 3 N–H and O–H groups in total. The lowest BCUT2D eigenvalue weighted by Gasteiger charge is -2.21. The molecule has 1 aromatic heterocycles. The summed E-state index contributed by atoms with van der Waals surface area (Å²) in [6.07, 6.45) is 1.92. The van der Waals surface area contributed by atoms with Gasteiger partial charge in [0.2, 0.25) is 0 Å². The normalized spacial score (nSPS) is 14.3. The minimum Gasteiger partial charge on any atom is -0.396 e. The van der Waals surface area contributed by atoms with Crippen molar-refractivity contribution in [2.45, 2.75) is 18.9 Å². The molecule has 1 saturated carbocycles. The maximum absolute atomic E-state index is 13.9. The summed E-state index contributed by atoms with van der Waals surface area (Å²) < 4.78 is 27.7. The number of hydrogen-bond donors (Lipinski definition) is 2. The Morgan fingerprint density at radius 2 is 1.69 bits per heavy atom. The zero-order valence-corrected chi connectivity index (χ0v) is 17.2. The molecule has 0 aliphatic heterocycles. The van der Waals surface area contributed by atoms with Gasteiger partial charge < -0.3 is 11.1 Å². The van der Waals surface area contributed by atoms with Gasteiger partial charge in [-0.1, -0.05) is 42.5 Å². The second-order valence-electron chi connectivity index (χ2n) is 8.12. The fourth-order valence-electron chi connectivity index (χ4n) is 4.14. The van der Waals surface area contributed by atoms with Crippen molar-refractivity contribution < 1.29 is 13.6 Å². The van der Waals surface area contributed by atoms with E-state index >= 15 is 0 Å². The Morgan fingerprint density at radius 3 is 2.41 bits per heavy atom. The van der Waals surface area contributed by atoms with Gasteiger partial charge in [-0.05, 0) is 54.7 Å². The van der Waals surface area contributed by atoms with Gasteiger partial charge in [-0.2, -0.15) is 0 Å². The number of amides is 1. The van der Waals surface area contributed by atoms with Crippen molar-refractivity contribution in [1.82, 2.24) is 10.3 Å². The number of pyridine rings is 1. The van der Waals surface area contributed by atoms with Crippen LogP contribution >= 0.6 is 0 Å². The molecule has 6 heteroatoms. The third kappa shape index (κ3) is 3.80. The molecule has 1 unspecified atom stereocenters. The standard InChI is InChI=1S/C26H21F2N3O/c27-18-7-3-5-16(13-18)24(15-11-12-15)31-26(32)22-20-9-1-2-10-21(20)30-25(23(22)29)17-6-4-8-19(28)14-17/h1-10,13-15,24H,11-12,29H2,(H,31,32). The number of carbonyl (C=O) groups excluding carboxylic acids is 1. The number of hydrogen-bond acceptors (Lipinski definition) is 3. The number of nitrogens with one attached hydrogen (secondary N) is 1. The van der Waals surface area contributed by atoms with Gasteiger partial charge in [-0.15, -0.1) is 0 Å². The van der Waals surface area contributed by atoms with E-state index < -0.39 is 5.82 Å². The summed E-state index contributed by atoms with van der Waals surface area (Å²) >= 11 is 0. The Labute approximate surface area is 184 Å². The van der Waals surface area contributed by atoms with Crippen LogP contribution in [0.3, 0.4) is 0 Å². The predicted octanol–water partition coefficient (Wildman–Crippen LogP) is 5.64. The first kappa shape index (κ1) is 20.1. The van der Waals surface area contributed by atoms with Crippen LogP contribution in [0.25, 0.3) is 22.2 Å². The first-order valence-corrected chi connectivity index (χ1v) is 10.5. The van der Waals surface area contributed by atoms with E-state index in [4.69, 9.17) is 5.73 Å². The Morgan fingerprint density at radius 1 is 0.969 bits per heavy atom. The molecule has 4 aromatic rings. The van der Waals surface area contributed by atoms with E-state index in [0.29, 0.717) is 22.2 Å². The average Bonchev–Trinajstić information content (AvgIpc) is 3.62. The van der Waals surface area contributed by atoms with Crippen molar-refractivity contribution >= 4 is 22.5 Å². The van der Waals surface area contributed by atoms with E-state index in [1.54, 1.807) is 30.3 Å². The number of carbonyl (C=O) groups is 1. The largest absolute Gasteiger partial charge is 0.396 e. The molecule has 5 rings (SSSR count). The monoisotopic (exact) mass is 429 g/mol. The van der Waals surface area contributed by atoms with Crippen LogP contribution in [0, 0.1) is 17.6 Å². The fourth-order valence-corrected chi connectivity index (χ4v) is 4.14. The third-order valence-electron chi connectivity index (χ3n) is 5.84. The zero-order chi connectivity index (χ0) is 22.2. The first-order chi connectivity index (χ1) is 15.5. The topological polar surface area (TPSA) is 68.0 Å². The Balaban J connectivity index is 1.61. The molecule has 4 nitrogen and oxygen atoms in total. The first-order valence-electron chi connectivity index (χ1n) is 10.5. The number of rotatable bonds is 5. The Kier molecular flexibility index (Phi) is 5.05. The van der Waals surface area contributed by atoms with Crippen LogP contribution in [-0.2, 0) is 0 Å². The summed E-state index contributed by atoms with van der Waals surface area (Å²) in [7, 11) is 0. The molecule has 0 radical (unpaired) electrons. The number of anilines is 1. The average molecular weight is 429 g/mol. The number of aromatic nitrogens is 1. The Hall–Kier alpha value is -3.80. The molecule has 32 heavy (non-hydrogen) atoms. The van der Waals surface area contributed by atoms with Gasteiger partial charge >= 0.3 is 0 Å². The van der Waals surface area contributed by atoms with Crippen molar-refractivity contribution in [3.63, 3.8) is 0 Å². The molecular weight excluding hydrogens is 408 g/mol. The molecule has 0 spiro atoms. The second-order valence-corrected chi connectivity index (χ2v) is 8.12. The number of para-hydroxylation sites is 1. The molecule has 160 valence electrons. The number of nitrogen functional groups attached to an aromatic ring is 1. The summed E-state index contributed by atoms with van der Waals surface area (Å²) in [5.41, 5.74) is 9.08. The van der Waals surface area contributed by atoms with Gasteiger partial charge in [-0.25, -0.2) is 13.8 Å².